The van der Waals surface area contributed by atoms with Crippen LogP contribution in [0.4, 0.5) is 0 Å². The number of benzene rings is 1. The number of nitrogens with one attached hydrogen (secondary N) is 3. The molecule has 0 aliphatic heterocycles. The lowest BCUT2D eigenvalue weighted by molar-refractivity contribution is -0.121. The fourth-order valence-corrected chi connectivity index (χ4v) is 1.64. The summed E-state index contributed by atoms with van der Waals surface area (Å²) in [6.07, 6.45) is 1.07. The van der Waals surface area contributed by atoms with E-state index >= 15 is 0 Å². The van der Waals surface area contributed by atoms with Crippen molar-refractivity contribution in [3.63, 3.8) is 0 Å². The zero-order chi connectivity index (χ0) is 16.5. The number of carbonyl (C=O) groups excluding carboxylic acids is 3. The molecule has 0 heterocycles. The van der Waals surface area contributed by atoms with E-state index in [2.05, 4.69) is 20.9 Å². The normalized spacial score (nSPS) is 9.55. The minimum Gasteiger partial charge on any atom is -0.465 e. The summed E-state index contributed by atoms with van der Waals surface area (Å²) >= 11 is 4.89. The summed E-state index contributed by atoms with van der Waals surface area (Å²) in [4.78, 5) is 34.4. The lowest BCUT2D eigenvalue weighted by Crippen LogP contribution is -2.48. The first-order chi connectivity index (χ1) is 10.5. The molecule has 0 fully saturated rings. The Bertz CT molecular complexity index is 572. The fourth-order valence-electron chi connectivity index (χ4n) is 1.50. The maximum Gasteiger partial charge on any atom is 0.337 e. The zero-order valence-corrected chi connectivity index (χ0v) is 13.1. The van der Waals surface area contributed by atoms with Crippen LogP contribution in [-0.2, 0) is 9.53 Å². The third-order valence-electron chi connectivity index (χ3n) is 2.59. The van der Waals surface area contributed by atoms with Crippen molar-refractivity contribution in [2.45, 2.75) is 19.8 Å². The van der Waals surface area contributed by atoms with Gasteiger partial charge in [0.2, 0.25) is 5.91 Å². The molecule has 0 spiro atoms. The van der Waals surface area contributed by atoms with Crippen molar-refractivity contribution in [2.75, 3.05) is 7.11 Å². The van der Waals surface area contributed by atoms with Crippen molar-refractivity contribution in [3.8, 4) is 0 Å². The largest absolute Gasteiger partial charge is 0.465 e. The highest BCUT2D eigenvalue weighted by Crippen LogP contribution is 2.05. The van der Waals surface area contributed by atoms with Gasteiger partial charge < -0.3 is 4.74 Å². The number of ether oxygens (including phenoxy) is 1. The van der Waals surface area contributed by atoms with Gasteiger partial charge >= 0.3 is 5.97 Å². The predicted octanol–water partition coefficient (Wildman–Crippen LogP) is 0.909. The maximum absolute atomic E-state index is 11.9. The highest BCUT2D eigenvalue weighted by molar-refractivity contribution is 7.80. The lowest BCUT2D eigenvalue weighted by Gasteiger charge is -2.10. The first-order valence-corrected chi connectivity index (χ1v) is 6.97. The van der Waals surface area contributed by atoms with E-state index in [9.17, 15) is 14.4 Å². The summed E-state index contributed by atoms with van der Waals surface area (Å²) in [5, 5.41) is 2.39. The molecule has 0 radical (unpaired) electrons. The third kappa shape index (κ3) is 5.49. The highest BCUT2D eigenvalue weighted by Gasteiger charge is 2.10. The van der Waals surface area contributed by atoms with Crippen molar-refractivity contribution in [1.82, 2.24) is 16.2 Å². The quantitative estimate of drug-likeness (QED) is 0.433. The summed E-state index contributed by atoms with van der Waals surface area (Å²) in [6, 6.07) is 5.89. The average molecular weight is 323 g/mol. The Morgan fingerprint density at radius 3 is 2.23 bits per heavy atom. The SMILES string of the molecule is CCCC(=O)NNC(=S)NC(=O)c1ccc(C(=O)OC)cc1. The van der Waals surface area contributed by atoms with Crippen molar-refractivity contribution in [1.29, 1.82) is 0 Å². The number of methoxy groups -OCH3 is 1. The molecule has 8 heteroatoms. The van der Waals surface area contributed by atoms with Gasteiger partial charge in [-0.05, 0) is 42.9 Å². The second-order valence-electron chi connectivity index (χ2n) is 4.28. The number of esters is 1. The number of hydrogen-bond acceptors (Lipinski definition) is 5. The van der Waals surface area contributed by atoms with E-state index in [4.69, 9.17) is 12.2 Å². The molecule has 3 N–H and O–H groups in total. The van der Waals surface area contributed by atoms with Crippen molar-refractivity contribution >= 4 is 35.1 Å². The van der Waals surface area contributed by atoms with Crippen LogP contribution < -0.4 is 16.2 Å². The second kappa shape index (κ2) is 8.73. The molecule has 0 saturated heterocycles. The van der Waals surface area contributed by atoms with Crippen LogP contribution in [0.3, 0.4) is 0 Å². The van der Waals surface area contributed by atoms with Crippen LogP contribution >= 0.6 is 12.2 Å². The van der Waals surface area contributed by atoms with E-state index in [1.807, 2.05) is 6.92 Å². The van der Waals surface area contributed by atoms with Crippen LogP contribution in [0.15, 0.2) is 24.3 Å². The Kier molecular flexibility index (Phi) is 6.97. The Balaban J connectivity index is 2.52. The van der Waals surface area contributed by atoms with Crippen molar-refractivity contribution in [3.05, 3.63) is 35.4 Å². The van der Waals surface area contributed by atoms with Gasteiger partial charge in [0.15, 0.2) is 5.11 Å². The molecule has 22 heavy (non-hydrogen) atoms. The lowest BCUT2D eigenvalue weighted by atomic mass is 10.1. The highest BCUT2D eigenvalue weighted by atomic mass is 32.1. The molecular weight excluding hydrogens is 306 g/mol. The molecule has 7 nitrogen and oxygen atoms in total. The molecule has 0 aromatic heterocycles. The Labute approximate surface area is 133 Å². The standard InChI is InChI=1S/C14H17N3O4S/c1-3-4-11(18)16-17-14(22)15-12(19)9-5-7-10(8-6-9)13(20)21-2/h5-8H,3-4H2,1-2H3,(H,16,18)(H2,15,17,19,22). The first-order valence-electron chi connectivity index (χ1n) is 6.56. The number of rotatable bonds is 4. The number of carbonyl (C=O) groups is 3. The van der Waals surface area contributed by atoms with Crippen molar-refractivity contribution < 1.29 is 19.1 Å². The second-order valence-corrected chi connectivity index (χ2v) is 4.68. The van der Waals surface area contributed by atoms with E-state index in [1.54, 1.807) is 0 Å². The van der Waals surface area contributed by atoms with E-state index in [0.29, 0.717) is 24.0 Å². The van der Waals surface area contributed by atoms with Gasteiger partial charge in [-0.2, -0.15) is 0 Å². The summed E-state index contributed by atoms with van der Waals surface area (Å²) in [5.74, 6) is -1.16. The van der Waals surface area contributed by atoms with Crippen LogP contribution in [-0.4, -0.2) is 30.0 Å². The van der Waals surface area contributed by atoms with Gasteiger partial charge in [0.1, 0.15) is 0 Å². The van der Waals surface area contributed by atoms with Crippen molar-refractivity contribution in [2.24, 2.45) is 0 Å². The number of amides is 2. The van der Waals surface area contributed by atoms with Gasteiger partial charge in [-0.1, -0.05) is 6.92 Å². The predicted molar refractivity (Wildman–Crippen MR) is 84.0 cm³/mol. The molecule has 0 aliphatic carbocycles. The molecule has 1 aromatic rings. The number of hydrogen-bond donors (Lipinski definition) is 3. The fraction of sp³-hybridized carbons (Fsp3) is 0.286. The smallest absolute Gasteiger partial charge is 0.337 e. The summed E-state index contributed by atoms with van der Waals surface area (Å²) in [6.45, 7) is 1.87. The average Bonchev–Trinajstić information content (AvgIpc) is 2.52. The van der Waals surface area contributed by atoms with Gasteiger partial charge in [0, 0.05) is 12.0 Å². The minimum atomic E-state index is -0.484. The van der Waals surface area contributed by atoms with Crippen LogP contribution in [0.2, 0.25) is 0 Å². The van der Waals surface area contributed by atoms with E-state index < -0.39 is 11.9 Å². The van der Waals surface area contributed by atoms with Crippen LogP contribution in [0.1, 0.15) is 40.5 Å². The molecule has 0 saturated carbocycles. The molecule has 118 valence electrons. The first kappa shape index (κ1) is 17.6. The Morgan fingerprint density at radius 2 is 1.68 bits per heavy atom. The molecule has 0 atom stereocenters. The number of hydrazine groups is 1. The zero-order valence-electron chi connectivity index (χ0n) is 12.3. The van der Waals surface area contributed by atoms with Gasteiger partial charge in [0.05, 0.1) is 12.7 Å². The monoisotopic (exact) mass is 323 g/mol. The molecule has 0 aliphatic rings. The van der Waals surface area contributed by atoms with Gasteiger partial charge in [-0.3, -0.25) is 25.8 Å². The summed E-state index contributed by atoms with van der Waals surface area (Å²) in [5.41, 5.74) is 5.45. The molecule has 0 unspecified atom stereocenters. The molecule has 0 bridgehead atoms. The molecule has 1 rings (SSSR count). The summed E-state index contributed by atoms with van der Waals surface area (Å²) in [7, 11) is 1.28. The van der Waals surface area contributed by atoms with E-state index in [1.165, 1.54) is 31.4 Å². The minimum absolute atomic E-state index is 0.0218. The van der Waals surface area contributed by atoms with Gasteiger partial charge in [0.25, 0.3) is 5.91 Å². The van der Waals surface area contributed by atoms with Crippen LogP contribution in [0.5, 0.6) is 0 Å². The van der Waals surface area contributed by atoms with Gasteiger partial charge in [-0.25, -0.2) is 4.79 Å². The number of thiocarbonyl (C=S) groups is 1. The topological polar surface area (TPSA) is 96.5 Å². The van der Waals surface area contributed by atoms with E-state index in [-0.39, 0.29) is 11.0 Å². The Hall–Kier alpha value is -2.48. The molecule has 2 amide bonds. The third-order valence-corrected chi connectivity index (χ3v) is 2.79. The molecule has 1 aromatic carbocycles. The van der Waals surface area contributed by atoms with E-state index in [0.717, 1.165) is 0 Å². The van der Waals surface area contributed by atoms with Gasteiger partial charge in [-0.15, -0.1) is 0 Å². The molecular formula is C14H17N3O4S. The Morgan fingerprint density at radius 1 is 1.09 bits per heavy atom. The van der Waals surface area contributed by atoms with Crippen LogP contribution in [0, 0.1) is 0 Å². The summed E-state index contributed by atoms with van der Waals surface area (Å²) < 4.78 is 4.56. The van der Waals surface area contributed by atoms with Crippen LogP contribution in [0.25, 0.3) is 0 Å². The maximum atomic E-state index is 11.9.